The van der Waals surface area contributed by atoms with Gasteiger partial charge in [0.2, 0.25) is 0 Å². The number of nitrogens with zero attached hydrogens (tertiary/aromatic N) is 2. The predicted octanol–water partition coefficient (Wildman–Crippen LogP) is 5.73. The molecule has 2 rings (SSSR count). The number of phenolic OH excluding ortho intramolecular Hbond substituents is 1. The molecule has 0 saturated heterocycles. The first-order chi connectivity index (χ1) is 11.2. The van der Waals surface area contributed by atoms with Crippen LogP contribution in [-0.2, 0) is 6.42 Å². The smallest absolute Gasteiger partial charge is 0.165 e. The lowest BCUT2D eigenvalue weighted by Gasteiger charge is -2.00. The van der Waals surface area contributed by atoms with Gasteiger partial charge in [-0.15, -0.1) is 10.2 Å². The monoisotopic (exact) mass is 336 g/mol. The average Bonchev–Trinajstić information content (AvgIpc) is 3.01. The minimum atomic E-state index is -0.623. The van der Waals surface area contributed by atoms with Gasteiger partial charge in [0.05, 0.1) is 0 Å². The van der Waals surface area contributed by atoms with Crippen LogP contribution in [0.1, 0.15) is 63.3 Å². The van der Waals surface area contributed by atoms with Gasteiger partial charge in [0, 0.05) is 12.0 Å². The zero-order valence-electron chi connectivity index (χ0n) is 13.7. The van der Waals surface area contributed by atoms with E-state index in [9.17, 15) is 9.50 Å². The average molecular weight is 336 g/mol. The van der Waals surface area contributed by atoms with E-state index >= 15 is 0 Å². The summed E-state index contributed by atoms with van der Waals surface area (Å²) in [5.41, 5.74) is 0.667. The van der Waals surface area contributed by atoms with Gasteiger partial charge in [-0.05, 0) is 24.6 Å². The second-order valence-electron chi connectivity index (χ2n) is 5.89. The van der Waals surface area contributed by atoms with Crippen LogP contribution in [0.3, 0.4) is 0 Å². The van der Waals surface area contributed by atoms with Crippen LogP contribution in [0.2, 0.25) is 0 Å². The van der Waals surface area contributed by atoms with Crippen molar-refractivity contribution in [2.24, 2.45) is 0 Å². The fourth-order valence-electron chi connectivity index (χ4n) is 2.52. The molecule has 1 aromatic carbocycles. The third-order valence-electron chi connectivity index (χ3n) is 3.91. The van der Waals surface area contributed by atoms with E-state index in [4.69, 9.17) is 0 Å². The number of unbranched alkanes of at least 4 members (excludes halogenated alkanes) is 7. The molecule has 0 unspecified atom stereocenters. The van der Waals surface area contributed by atoms with Crippen molar-refractivity contribution in [2.45, 2.75) is 64.7 Å². The molecule has 0 atom stereocenters. The molecule has 0 aliphatic carbocycles. The Balaban J connectivity index is 1.71. The molecule has 0 amide bonds. The van der Waals surface area contributed by atoms with E-state index in [1.165, 1.54) is 68.4 Å². The van der Waals surface area contributed by atoms with Crippen molar-refractivity contribution >= 4 is 11.3 Å². The molecule has 1 N–H and O–H groups in total. The van der Waals surface area contributed by atoms with Crippen molar-refractivity contribution in [1.29, 1.82) is 0 Å². The largest absolute Gasteiger partial charge is 0.505 e. The maximum Gasteiger partial charge on any atom is 0.165 e. The number of benzene rings is 1. The minimum Gasteiger partial charge on any atom is -0.505 e. The molecule has 0 aliphatic heterocycles. The van der Waals surface area contributed by atoms with Gasteiger partial charge in [0.15, 0.2) is 11.6 Å². The van der Waals surface area contributed by atoms with Crippen molar-refractivity contribution in [3.8, 4) is 16.3 Å². The third kappa shape index (κ3) is 5.90. The Bertz CT molecular complexity index is 600. The molecule has 0 bridgehead atoms. The number of halogens is 1. The first-order valence-corrected chi connectivity index (χ1v) is 9.33. The molecule has 0 radical (unpaired) electrons. The normalized spacial score (nSPS) is 11.0. The van der Waals surface area contributed by atoms with Crippen LogP contribution in [0.15, 0.2) is 18.2 Å². The highest BCUT2D eigenvalue weighted by molar-refractivity contribution is 7.14. The Hall–Kier alpha value is -1.49. The van der Waals surface area contributed by atoms with Crippen LogP contribution in [-0.4, -0.2) is 15.3 Å². The summed E-state index contributed by atoms with van der Waals surface area (Å²) < 4.78 is 13.4. The van der Waals surface area contributed by atoms with Gasteiger partial charge in [-0.25, -0.2) is 4.39 Å². The van der Waals surface area contributed by atoms with Gasteiger partial charge < -0.3 is 5.11 Å². The summed E-state index contributed by atoms with van der Waals surface area (Å²) in [6.45, 7) is 2.24. The van der Waals surface area contributed by atoms with Gasteiger partial charge in [0.1, 0.15) is 10.0 Å². The lowest BCUT2D eigenvalue weighted by atomic mass is 10.1. The first kappa shape index (κ1) is 17.9. The predicted molar refractivity (Wildman–Crippen MR) is 93.3 cm³/mol. The number of phenols is 1. The van der Waals surface area contributed by atoms with Crippen LogP contribution in [0.4, 0.5) is 4.39 Å². The van der Waals surface area contributed by atoms with E-state index in [0.717, 1.165) is 17.8 Å². The van der Waals surface area contributed by atoms with Crippen molar-refractivity contribution < 1.29 is 9.50 Å². The third-order valence-corrected chi connectivity index (χ3v) is 4.94. The maximum atomic E-state index is 13.4. The molecule has 0 spiro atoms. The molecule has 3 nitrogen and oxygen atoms in total. The van der Waals surface area contributed by atoms with E-state index in [1.807, 2.05) is 0 Å². The molecule has 0 fully saturated rings. The van der Waals surface area contributed by atoms with E-state index < -0.39 is 5.82 Å². The highest BCUT2D eigenvalue weighted by Gasteiger charge is 2.09. The summed E-state index contributed by atoms with van der Waals surface area (Å²) >= 11 is 1.50. The number of hydrogen-bond donors (Lipinski definition) is 1. The van der Waals surface area contributed by atoms with Crippen LogP contribution in [0.5, 0.6) is 5.75 Å². The quantitative estimate of drug-likeness (QED) is 0.563. The Morgan fingerprint density at radius 2 is 1.70 bits per heavy atom. The molecule has 0 saturated carbocycles. The lowest BCUT2D eigenvalue weighted by molar-refractivity contribution is 0.432. The standard InChI is InChI=1S/C18H25FN2OS/c1-2-3-4-5-6-7-8-9-10-17-20-21-18(23-17)14-11-12-16(22)15(19)13-14/h11-13,22H,2-10H2,1H3. The molecule has 1 aromatic heterocycles. The Morgan fingerprint density at radius 1 is 1.00 bits per heavy atom. The second kappa shape index (κ2) is 9.60. The van der Waals surface area contributed by atoms with Crippen molar-refractivity contribution in [3.05, 3.63) is 29.0 Å². The molecule has 23 heavy (non-hydrogen) atoms. The Kier molecular flexibility index (Phi) is 7.46. The number of aryl methyl sites for hydroxylation is 1. The summed E-state index contributed by atoms with van der Waals surface area (Å²) in [6.07, 6.45) is 11.3. The highest BCUT2D eigenvalue weighted by atomic mass is 32.1. The summed E-state index contributed by atoms with van der Waals surface area (Å²) in [4.78, 5) is 0. The zero-order chi connectivity index (χ0) is 16.5. The van der Waals surface area contributed by atoms with Crippen LogP contribution in [0.25, 0.3) is 10.6 Å². The number of hydrogen-bond acceptors (Lipinski definition) is 4. The number of aromatic hydroxyl groups is 1. The van der Waals surface area contributed by atoms with Crippen molar-refractivity contribution in [1.82, 2.24) is 10.2 Å². The molecular weight excluding hydrogens is 311 g/mol. The molecular formula is C18H25FN2OS. The second-order valence-corrected chi connectivity index (χ2v) is 6.95. The molecule has 1 heterocycles. The van der Waals surface area contributed by atoms with E-state index in [2.05, 4.69) is 17.1 Å². The molecule has 5 heteroatoms. The highest BCUT2D eigenvalue weighted by Crippen LogP contribution is 2.27. The van der Waals surface area contributed by atoms with Crippen molar-refractivity contribution in [2.75, 3.05) is 0 Å². The van der Waals surface area contributed by atoms with Gasteiger partial charge in [-0.2, -0.15) is 0 Å². The van der Waals surface area contributed by atoms with Crippen molar-refractivity contribution in [3.63, 3.8) is 0 Å². The number of rotatable bonds is 10. The summed E-state index contributed by atoms with van der Waals surface area (Å²) in [7, 11) is 0. The van der Waals surface area contributed by atoms with Crippen LogP contribution in [0, 0.1) is 5.82 Å². The number of aromatic nitrogens is 2. The van der Waals surface area contributed by atoms with E-state index in [-0.39, 0.29) is 5.75 Å². The summed E-state index contributed by atoms with van der Waals surface area (Å²) in [5, 5.41) is 19.2. The van der Waals surface area contributed by atoms with Gasteiger partial charge in [0.25, 0.3) is 0 Å². The molecule has 126 valence electrons. The summed E-state index contributed by atoms with van der Waals surface area (Å²) in [6, 6.07) is 4.32. The van der Waals surface area contributed by atoms with Gasteiger partial charge in [-0.1, -0.05) is 63.2 Å². The SMILES string of the molecule is CCCCCCCCCCc1nnc(-c2ccc(O)c(F)c2)s1. The Morgan fingerprint density at radius 3 is 2.39 bits per heavy atom. The zero-order valence-corrected chi connectivity index (χ0v) is 14.5. The first-order valence-electron chi connectivity index (χ1n) is 8.52. The molecule has 2 aromatic rings. The maximum absolute atomic E-state index is 13.4. The lowest BCUT2D eigenvalue weighted by Crippen LogP contribution is -1.85. The van der Waals surface area contributed by atoms with E-state index in [1.54, 1.807) is 6.07 Å². The van der Waals surface area contributed by atoms with Crippen LogP contribution >= 0.6 is 11.3 Å². The van der Waals surface area contributed by atoms with Gasteiger partial charge in [-0.3, -0.25) is 0 Å². The molecule has 0 aliphatic rings. The fourth-order valence-corrected chi connectivity index (χ4v) is 3.40. The topological polar surface area (TPSA) is 46.0 Å². The fraction of sp³-hybridized carbons (Fsp3) is 0.556. The van der Waals surface area contributed by atoms with Gasteiger partial charge >= 0.3 is 0 Å². The van der Waals surface area contributed by atoms with E-state index in [0.29, 0.717) is 10.6 Å². The Labute approximate surface area is 141 Å². The summed E-state index contributed by atoms with van der Waals surface area (Å²) in [5.74, 6) is -0.959. The van der Waals surface area contributed by atoms with Crippen LogP contribution < -0.4 is 0 Å². The minimum absolute atomic E-state index is 0.336.